The molecule has 10 heteroatoms. The molecule has 1 spiro atoms. The van der Waals surface area contributed by atoms with Crippen LogP contribution >= 0.6 is 11.6 Å². The molecule has 1 aromatic rings. The molecule has 148 valence electrons. The molecule has 1 unspecified atom stereocenters. The van der Waals surface area contributed by atoms with E-state index in [2.05, 4.69) is 14.7 Å². The summed E-state index contributed by atoms with van der Waals surface area (Å²) in [5, 5.41) is 0.251. The van der Waals surface area contributed by atoms with Crippen LogP contribution in [-0.2, 0) is 10.3 Å². The van der Waals surface area contributed by atoms with Gasteiger partial charge in [-0.3, -0.25) is 4.99 Å². The summed E-state index contributed by atoms with van der Waals surface area (Å²) in [4.78, 5) is 9.80. The van der Waals surface area contributed by atoms with E-state index < -0.39 is 29.7 Å². The Balaban J connectivity index is 1.84. The maximum atomic E-state index is 13.2. The number of pyridine rings is 1. The molecule has 0 fully saturated rings. The Morgan fingerprint density at radius 1 is 1.32 bits per heavy atom. The van der Waals surface area contributed by atoms with Crippen molar-refractivity contribution in [1.82, 2.24) is 9.88 Å². The summed E-state index contributed by atoms with van der Waals surface area (Å²) >= 11 is 6.22. The highest BCUT2D eigenvalue weighted by atomic mass is 35.5. The standard InChI is InChI=1S/C18H13ClF5N3O/c1-9-2-4-17(11-3-5-25-14(19)13(9)11)8-27-7-10(18(22,23)24)6-12(15(27)26-17)28-16(20)21/h2-3,5-7,16H,4,8H2,1H3. The Morgan fingerprint density at radius 3 is 2.75 bits per heavy atom. The lowest BCUT2D eigenvalue weighted by atomic mass is 9.78. The average Bonchev–Trinajstić information content (AvgIpc) is 2.97. The molecule has 0 N–H and O–H groups in total. The molecular formula is C18H13ClF5N3O. The minimum atomic E-state index is -4.72. The van der Waals surface area contributed by atoms with Gasteiger partial charge in [-0.05, 0) is 36.6 Å². The summed E-state index contributed by atoms with van der Waals surface area (Å²) in [6.45, 7) is -1.40. The smallest absolute Gasteiger partial charge is 0.417 e. The van der Waals surface area contributed by atoms with E-state index in [0.29, 0.717) is 23.6 Å². The maximum Gasteiger partial charge on any atom is 0.417 e. The van der Waals surface area contributed by atoms with Gasteiger partial charge >= 0.3 is 12.8 Å². The number of alkyl halides is 5. The van der Waals surface area contributed by atoms with E-state index in [-0.39, 0.29) is 17.5 Å². The zero-order valence-electron chi connectivity index (χ0n) is 14.4. The van der Waals surface area contributed by atoms with Gasteiger partial charge < -0.3 is 9.64 Å². The van der Waals surface area contributed by atoms with Gasteiger partial charge in [0.1, 0.15) is 10.7 Å². The fourth-order valence-corrected chi connectivity index (χ4v) is 4.01. The van der Waals surface area contributed by atoms with Crippen LogP contribution in [0.25, 0.3) is 5.57 Å². The number of aromatic nitrogens is 1. The van der Waals surface area contributed by atoms with Gasteiger partial charge in [0.2, 0.25) is 0 Å². The summed E-state index contributed by atoms with van der Waals surface area (Å²) in [5.74, 6) is -0.685. The molecule has 1 aliphatic carbocycles. The Labute approximate surface area is 161 Å². The third-order valence-corrected chi connectivity index (χ3v) is 5.20. The van der Waals surface area contributed by atoms with Crippen molar-refractivity contribution in [2.45, 2.75) is 31.7 Å². The monoisotopic (exact) mass is 417 g/mol. The second-order valence-electron chi connectivity index (χ2n) is 6.68. The lowest BCUT2D eigenvalue weighted by Gasteiger charge is -2.33. The summed E-state index contributed by atoms with van der Waals surface area (Å²) < 4.78 is 69.7. The lowest BCUT2D eigenvalue weighted by Crippen LogP contribution is -2.36. The predicted molar refractivity (Wildman–Crippen MR) is 92.6 cm³/mol. The first-order valence-corrected chi connectivity index (χ1v) is 8.63. The number of halogens is 6. The van der Waals surface area contributed by atoms with Crippen LogP contribution in [0, 0.1) is 0 Å². The largest absolute Gasteiger partial charge is 0.431 e. The van der Waals surface area contributed by atoms with Gasteiger partial charge in [0, 0.05) is 18.0 Å². The van der Waals surface area contributed by atoms with Crippen LogP contribution in [0.5, 0.6) is 0 Å². The highest BCUT2D eigenvalue weighted by molar-refractivity contribution is 6.31. The number of ether oxygens (including phenoxy) is 1. The van der Waals surface area contributed by atoms with Gasteiger partial charge in [-0.2, -0.15) is 22.0 Å². The summed E-state index contributed by atoms with van der Waals surface area (Å²) in [6, 6.07) is 1.70. The Hall–Kier alpha value is -2.42. The van der Waals surface area contributed by atoms with Gasteiger partial charge in [-0.1, -0.05) is 17.7 Å². The van der Waals surface area contributed by atoms with E-state index in [0.717, 1.165) is 11.8 Å². The van der Waals surface area contributed by atoms with Crippen molar-refractivity contribution in [3.63, 3.8) is 0 Å². The highest BCUT2D eigenvalue weighted by Crippen LogP contribution is 2.47. The molecule has 1 aromatic heterocycles. The molecule has 0 bridgehead atoms. The number of hydrogen-bond donors (Lipinski definition) is 0. The number of nitrogens with zero attached hydrogens (tertiary/aromatic N) is 3. The van der Waals surface area contributed by atoms with E-state index in [1.807, 2.05) is 13.0 Å². The molecule has 2 aliphatic heterocycles. The molecule has 1 atom stereocenters. The minimum Gasteiger partial charge on any atom is -0.431 e. The van der Waals surface area contributed by atoms with Crippen molar-refractivity contribution < 1.29 is 26.7 Å². The van der Waals surface area contributed by atoms with Crippen molar-refractivity contribution in [3.8, 4) is 0 Å². The Bertz CT molecular complexity index is 966. The number of hydrogen-bond acceptors (Lipinski definition) is 4. The highest BCUT2D eigenvalue weighted by Gasteiger charge is 2.47. The Morgan fingerprint density at radius 2 is 2.07 bits per heavy atom. The lowest BCUT2D eigenvalue weighted by molar-refractivity contribution is -0.0981. The van der Waals surface area contributed by atoms with Gasteiger partial charge in [-0.25, -0.2) is 4.98 Å². The molecule has 0 saturated heterocycles. The zero-order chi connectivity index (χ0) is 20.3. The van der Waals surface area contributed by atoms with Crippen LogP contribution in [0.1, 0.15) is 24.5 Å². The average molecular weight is 418 g/mol. The van der Waals surface area contributed by atoms with E-state index in [4.69, 9.17) is 11.6 Å². The van der Waals surface area contributed by atoms with Gasteiger partial charge in [0.05, 0.1) is 12.1 Å². The third kappa shape index (κ3) is 2.97. The second kappa shape index (κ2) is 6.30. The first kappa shape index (κ1) is 18.9. The Kier molecular flexibility index (Phi) is 4.26. The topological polar surface area (TPSA) is 37.7 Å². The first-order valence-electron chi connectivity index (χ1n) is 8.25. The van der Waals surface area contributed by atoms with Crippen LogP contribution in [0.15, 0.2) is 46.9 Å². The van der Waals surface area contributed by atoms with Gasteiger partial charge in [0.15, 0.2) is 11.6 Å². The molecule has 3 aliphatic rings. The van der Waals surface area contributed by atoms with Crippen LogP contribution < -0.4 is 0 Å². The van der Waals surface area contributed by atoms with Crippen LogP contribution in [-0.4, -0.2) is 35.1 Å². The van der Waals surface area contributed by atoms with Crippen LogP contribution in [0.3, 0.4) is 0 Å². The van der Waals surface area contributed by atoms with Gasteiger partial charge in [-0.15, -0.1) is 0 Å². The molecule has 0 saturated carbocycles. The van der Waals surface area contributed by atoms with Crippen molar-refractivity contribution in [1.29, 1.82) is 0 Å². The van der Waals surface area contributed by atoms with Crippen molar-refractivity contribution in [2.24, 2.45) is 4.99 Å². The number of rotatable bonds is 2. The van der Waals surface area contributed by atoms with E-state index in [9.17, 15) is 22.0 Å². The fraction of sp³-hybridized carbons (Fsp3) is 0.333. The zero-order valence-corrected chi connectivity index (χ0v) is 15.2. The third-order valence-electron chi connectivity index (χ3n) is 4.92. The van der Waals surface area contributed by atoms with Crippen molar-refractivity contribution in [3.05, 3.63) is 58.2 Å². The number of allylic oxidation sites excluding steroid dienone is 3. The van der Waals surface area contributed by atoms with E-state index in [1.54, 1.807) is 6.07 Å². The second-order valence-corrected chi connectivity index (χ2v) is 7.04. The molecule has 0 amide bonds. The molecule has 0 radical (unpaired) electrons. The molecule has 28 heavy (non-hydrogen) atoms. The maximum absolute atomic E-state index is 13.2. The molecule has 4 nitrogen and oxygen atoms in total. The molecule has 0 aromatic carbocycles. The first-order chi connectivity index (χ1) is 13.1. The predicted octanol–water partition coefficient (Wildman–Crippen LogP) is 5.03. The van der Waals surface area contributed by atoms with Gasteiger partial charge in [0.25, 0.3) is 0 Å². The fourth-order valence-electron chi connectivity index (χ4n) is 3.70. The number of fused-ring (bicyclic) bond motifs is 3. The summed E-state index contributed by atoms with van der Waals surface area (Å²) in [6.07, 6.45) is 0.423. The van der Waals surface area contributed by atoms with Crippen molar-refractivity contribution >= 4 is 23.0 Å². The van der Waals surface area contributed by atoms with Crippen LogP contribution in [0.2, 0.25) is 5.15 Å². The quantitative estimate of drug-likeness (QED) is 0.500. The molecule has 3 heterocycles. The number of aliphatic imine (C=N–C) groups is 1. The van der Waals surface area contributed by atoms with Crippen molar-refractivity contribution in [2.75, 3.05) is 6.54 Å². The summed E-state index contributed by atoms with van der Waals surface area (Å²) in [7, 11) is 0. The SMILES string of the molecule is CC1=CCC2(CN3C=C(C(F)(F)F)C=C(OC(F)F)C3=N2)c2ccnc(Cl)c21. The minimum absolute atomic E-state index is 0.0307. The molecular weight excluding hydrogens is 405 g/mol. The van der Waals surface area contributed by atoms with E-state index in [1.165, 1.54) is 11.1 Å². The normalized spacial score (nSPS) is 23.8. The summed E-state index contributed by atoms with van der Waals surface area (Å²) in [5.41, 5.74) is 0.149. The number of amidine groups is 1. The molecule has 4 rings (SSSR count). The van der Waals surface area contributed by atoms with Crippen LogP contribution in [0.4, 0.5) is 22.0 Å². The van der Waals surface area contributed by atoms with E-state index >= 15 is 0 Å².